The molecule has 1 aromatic heterocycles. The van der Waals surface area contributed by atoms with Crippen LogP contribution < -0.4 is 0 Å². The van der Waals surface area contributed by atoms with Crippen molar-refractivity contribution in [1.29, 1.82) is 5.26 Å². The van der Waals surface area contributed by atoms with Gasteiger partial charge in [0.25, 0.3) is 0 Å². The number of nitriles is 1. The summed E-state index contributed by atoms with van der Waals surface area (Å²) in [6.45, 7) is 7.65. The van der Waals surface area contributed by atoms with Gasteiger partial charge in [-0.15, -0.1) is 0 Å². The van der Waals surface area contributed by atoms with E-state index in [1.807, 2.05) is 48.5 Å². The first-order chi connectivity index (χ1) is 34.6. The van der Waals surface area contributed by atoms with Crippen LogP contribution in [0.15, 0.2) is 218 Å². The van der Waals surface area contributed by atoms with Crippen molar-refractivity contribution >= 4 is 38.1 Å². The Morgan fingerprint density at radius 1 is 0.343 bits per heavy atom. The van der Waals surface area contributed by atoms with E-state index in [0.717, 1.165) is 72.2 Å². The van der Waals surface area contributed by atoms with Gasteiger partial charge in [-0.05, 0) is 135 Å². The molecular weight excluding hydrogens is 849 g/mol. The molecular formula is C66H36N4. The van der Waals surface area contributed by atoms with E-state index in [4.69, 9.17) is 16.5 Å². The molecule has 0 radical (unpaired) electrons. The van der Waals surface area contributed by atoms with Crippen LogP contribution in [0.5, 0.6) is 0 Å². The van der Waals surface area contributed by atoms with Gasteiger partial charge in [0.1, 0.15) is 0 Å². The zero-order valence-corrected chi connectivity index (χ0v) is 37.6. The summed E-state index contributed by atoms with van der Waals surface area (Å²) in [5, 5.41) is 15.5. The molecule has 0 bridgehead atoms. The lowest BCUT2D eigenvalue weighted by molar-refractivity contribution is 1.23. The highest BCUT2D eigenvalue weighted by Crippen LogP contribution is 2.52. The fourth-order valence-corrected chi connectivity index (χ4v) is 11.2. The fourth-order valence-electron chi connectivity index (χ4n) is 11.2. The molecule has 0 amide bonds. The molecule has 320 valence electrons. The molecule has 2 aliphatic rings. The molecule has 4 heteroatoms. The maximum atomic E-state index is 9.65. The normalized spacial score (nSPS) is 11.7. The molecule has 14 rings (SSSR count). The van der Waals surface area contributed by atoms with Crippen LogP contribution in [-0.2, 0) is 0 Å². The van der Waals surface area contributed by atoms with E-state index in [1.165, 1.54) is 66.1 Å². The minimum atomic E-state index is 0.607. The van der Waals surface area contributed by atoms with Crippen molar-refractivity contribution < 1.29 is 0 Å². The predicted octanol–water partition coefficient (Wildman–Crippen LogP) is 17.7. The van der Waals surface area contributed by atoms with Crippen LogP contribution in [-0.4, -0.2) is 9.97 Å². The van der Waals surface area contributed by atoms with Crippen LogP contribution in [0.2, 0.25) is 0 Å². The summed E-state index contributed by atoms with van der Waals surface area (Å²) < 4.78 is 0. The third-order valence-corrected chi connectivity index (χ3v) is 14.4. The number of aromatic nitrogens is 2. The van der Waals surface area contributed by atoms with Gasteiger partial charge in [-0.1, -0.05) is 188 Å². The van der Waals surface area contributed by atoms with Crippen molar-refractivity contribution in [3.63, 3.8) is 0 Å². The maximum absolute atomic E-state index is 9.65. The van der Waals surface area contributed by atoms with E-state index >= 15 is 0 Å². The zero-order valence-electron chi connectivity index (χ0n) is 37.6. The minimum Gasteiger partial charge on any atom is -0.238 e. The van der Waals surface area contributed by atoms with Crippen LogP contribution in [0, 0.1) is 17.9 Å². The molecule has 2 aliphatic carbocycles. The monoisotopic (exact) mass is 884 g/mol. The standard InChI is InChI=1S/C66H36N4/c1-68-47-13-7-12-45(35-47)41-22-26-42(27-23-41)64-61-37-46(48-30-32-58-51-16-4-2-14-49(51)55-19-8-18-54(48)62(55)58)36-60(53-31-33-59-52-17-5-3-15-50(52)56-20-9-21-57(53)63(56)59)65(61)70-66(69-64)43-28-24-40(25-29-43)44-11-6-10-39(34-44)38-67/h2-37H. The highest BCUT2D eigenvalue weighted by Gasteiger charge is 2.27. The molecule has 0 saturated carbocycles. The summed E-state index contributed by atoms with van der Waals surface area (Å²) in [7, 11) is 0. The van der Waals surface area contributed by atoms with Gasteiger partial charge in [0.05, 0.1) is 29.4 Å². The molecule has 4 nitrogen and oxygen atoms in total. The number of nitrogens with zero attached hydrogens (tertiary/aromatic N) is 4. The van der Waals surface area contributed by atoms with Gasteiger partial charge < -0.3 is 0 Å². The van der Waals surface area contributed by atoms with Crippen molar-refractivity contribution in [1.82, 2.24) is 9.97 Å². The summed E-state index contributed by atoms with van der Waals surface area (Å²) in [6.07, 6.45) is 0. The first-order valence-corrected chi connectivity index (χ1v) is 23.5. The van der Waals surface area contributed by atoms with Crippen LogP contribution in [0.3, 0.4) is 0 Å². The number of fused-ring (bicyclic) bond motifs is 7. The molecule has 0 spiro atoms. The quantitative estimate of drug-likeness (QED) is 0.156. The smallest absolute Gasteiger partial charge is 0.187 e. The van der Waals surface area contributed by atoms with Gasteiger partial charge in [-0.25, -0.2) is 14.8 Å². The summed E-state index contributed by atoms with van der Waals surface area (Å²) in [5.41, 5.74) is 23.2. The molecule has 70 heavy (non-hydrogen) atoms. The summed E-state index contributed by atoms with van der Waals surface area (Å²) in [5.74, 6) is 0.615. The fraction of sp³-hybridized carbons (Fsp3) is 0. The summed E-state index contributed by atoms with van der Waals surface area (Å²) in [6, 6.07) is 79.4. The second-order valence-corrected chi connectivity index (χ2v) is 18.2. The van der Waals surface area contributed by atoms with Gasteiger partial charge in [-0.2, -0.15) is 5.26 Å². The van der Waals surface area contributed by atoms with E-state index in [9.17, 15) is 5.26 Å². The lowest BCUT2D eigenvalue weighted by atomic mass is 9.88. The Morgan fingerprint density at radius 3 is 1.46 bits per heavy atom. The van der Waals surface area contributed by atoms with E-state index in [2.05, 4.69) is 181 Å². The Kier molecular flexibility index (Phi) is 8.68. The zero-order chi connectivity index (χ0) is 46.5. The molecule has 0 unspecified atom stereocenters. The number of hydrogen-bond acceptors (Lipinski definition) is 3. The summed E-state index contributed by atoms with van der Waals surface area (Å²) >= 11 is 0. The predicted molar refractivity (Wildman–Crippen MR) is 287 cm³/mol. The highest BCUT2D eigenvalue weighted by molar-refractivity contribution is 6.22. The number of hydrogen-bond donors (Lipinski definition) is 0. The molecule has 11 aromatic carbocycles. The first kappa shape index (κ1) is 39.4. The highest BCUT2D eigenvalue weighted by atomic mass is 14.9. The maximum Gasteiger partial charge on any atom is 0.187 e. The van der Waals surface area contributed by atoms with Crippen molar-refractivity contribution in [3.05, 3.63) is 235 Å². The molecule has 12 aromatic rings. The molecule has 0 N–H and O–H groups in total. The van der Waals surface area contributed by atoms with Gasteiger partial charge in [-0.3, -0.25) is 0 Å². The molecule has 0 aliphatic heterocycles. The van der Waals surface area contributed by atoms with Crippen LogP contribution in [0.1, 0.15) is 5.56 Å². The van der Waals surface area contributed by atoms with Crippen molar-refractivity contribution in [2.75, 3.05) is 0 Å². The largest absolute Gasteiger partial charge is 0.238 e. The van der Waals surface area contributed by atoms with E-state index in [0.29, 0.717) is 17.1 Å². The molecule has 0 fully saturated rings. The van der Waals surface area contributed by atoms with Crippen LogP contribution >= 0.6 is 0 Å². The Balaban J connectivity index is 1.05. The molecule has 0 saturated heterocycles. The second kappa shape index (κ2) is 15.4. The van der Waals surface area contributed by atoms with E-state index in [-0.39, 0.29) is 0 Å². The Labute approximate surface area is 404 Å². The van der Waals surface area contributed by atoms with Crippen molar-refractivity contribution in [3.8, 4) is 118 Å². The first-order valence-electron chi connectivity index (χ1n) is 23.5. The third-order valence-electron chi connectivity index (χ3n) is 14.4. The van der Waals surface area contributed by atoms with Crippen LogP contribution in [0.4, 0.5) is 5.69 Å². The Morgan fingerprint density at radius 2 is 0.843 bits per heavy atom. The van der Waals surface area contributed by atoms with Crippen molar-refractivity contribution in [2.45, 2.75) is 0 Å². The van der Waals surface area contributed by atoms with Gasteiger partial charge in [0, 0.05) is 22.1 Å². The van der Waals surface area contributed by atoms with Crippen LogP contribution in [0.25, 0.3) is 149 Å². The molecule has 1 heterocycles. The van der Waals surface area contributed by atoms with E-state index < -0.39 is 0 Å². The lowest BCUT2D eigenvalue weighted by Gasteiger charge is -2.18. The number of benzene rings is 11. The SMILES string of the molecule is [C-]#[N+]c1cccc(-c2ccc(-c3nc(-c4ccc(-c5cccc(C#N)c5)cc4)nc4c(-c5ccc6c7c(cccc57)-c5ccccc5-6)cc(-c5ccc6c7c(cccc57)-c5ccccc5-6)cc34)cc2)c1. The molecule has 0 atom stereocenters. The van der Waals surface area contributed by atoms with Gasteiger partial charge in [0.2, 0.25) is 0 Å². The topological polar surface area (TPSA) is 53.9 Å². The lowest BCUT2D eigenvalue weighted by Crippen LogP contribution is -1.98. The Hall–Kier alpha value is -9.74. The van der Waals surface area contributed by atoms with E-state index in [1.54, 1.807) is 0 Å². The average molecular weight is 885 g/mol. The van der Waals surface area contributed by atoms with Crippen molar-refractivity contribution in [2.24, 2.45) is 0 Å². The third kappa shape index (κ3) is 6.01. The minimum absolute atomic E-state index is 0.607. The van der Waals surface area contributed by atoms with Gasteiger partial charge >= 0.3 is 0 Å². The average Bonchev–Trinajstić information content (AvgIpc) is 3.94. The number of rotatable bonds is 6. The van der Waals surface area contributed by atoms with Gasteiger partial charge in [0.15, 0.2) is 11.5 Å². The summed E-state index contributed by atoms with van der Waals surface area (Å²) in [4.78, 5) is 14.8. The second-order valence-electron chi connectivity index (χ2n) is 18.2. The Bertz CT molecular complexity index is 4240.